The van der Waals surface area contributed by atoms with Gasteiger partial charge in [0.15, 0.2) is 0 Å². The lowest BCUT2D eigenvalue weighted by Gasteiger charge is -2.26. The normalized spacial score (nSPS) is 11.9. The van der Waals surface area contributed by atoms with E-state index in [1.165, 1.54) is 55.5 Å². The third-order valence-corrected chi connectivity index (χ3v) is 11.0. The van der Waals surface area contributed by atoms with Gasteiger partial charge < -0.3 is 5.11 Å². The number of rotatable bonds is 9. The van der Waals surface area contributed by atoms with E-state index in [0.29, 0.717) is 41.3 Å². The Morgan fingerprint density at radius 3 is 1.24 bits per heavy atom. The van der Waals surface area contributed by atoms with Gasteiger partial charge in [0, 0.05) is 15.7 Å². The van der Waals surface area contributed by atoms with Crippen molar-refractivity contribution in [2.75, 3.05) is 0 Å². The molecular weight excluding hydrogens is 696 g/mol. The Labute approximate surface area is 330 Å². The molecule has 0 radical (unpaired) electrons. The minimum absolute atomic E-state index is 0.299. The number of fused-ring (bicyclic) bond motifs is 2. The van der Waals surface area contributed by atoms with Crippen molar-refractivity contribution in [1.82, 2.24) is 0 Å². The standard InChI is InChI=1S/C50H58O.HO3P/c1-28(2)36-23-41(30(5)6)47(42(24-36)31(7)8)38-21-34-17-13-15-19-39(34)45(27-38)49-40-20-16-14-18-35(40)22-46(50(49)51)48-43(32(9)10)25-37(29(3)4)26-44(48)33(11)12;1-4(2)3/h13-33,51H,1-12H3;(H-,1,2,3)/p+1. The Balaban J connectivity index is 0.00000138. The molecule has 0 unspecified atom stereocenters. The van der Waals surface area contributed by atoms with E-state index in [2.05, 4.69) is 174 Å². The molecule has 0 aliphatic carbocycles. The molecule has 6 rings (SSSR count). The van der Waals surface area contributed by atoms with E-state index in [1.807, 2.05) is 0 Å². The summed E-state index contributed by atoms with van der Waals surface area (Å²) in [7, 11) is -2.87. The maximum Gasteiger partial charge on any atom is 0.692 e. The molecule has 0 saturated heterocycles. The summed E-state index contributed by atoms with van der Waals surface area (Å²) in [4.78, 5) is 14.2. The number of hydrogen-bond acceptors (Lipinski definition) is 2. The highest BCUT2D eigenvalue weighted by Crippen LogP contribution is 2.51. The van der Waals surface area contributed by atoms with Crippen molar-refractivity contribution in [3.8, 4) is 39.1 Å². The third kappa shape index (κ3) is 8.73. The molecule has 5 heteroatoms. The van der Waals surface area contributed by atoms with Crippen LogP contribution in [0.2, 0.25) is 0 Å². The second-order valence-corrected chi connectivity index (χ2v) is 17.4. The Bertz CT molecular complexity index is 2280. The molecule has 6 aromatic carbocycles. The van der Waals surface area contributed by atoms with Gasteiger partial charge in [-0.3, -0.25) is 0 Å². The minimum Gasteiger partial charge on any atom is -0.507 e. The fourth-order valence-electron chi connectivity index (χ4n) is 8.02. The lowest BCUT2D eigenvalue weighted by molar-refractivity contribution is 0.405. The highest BCUT2D eigenvalue weighted by molar-refractivity contribution is 7.30. The van der Waals surface area contributed by atoms with Crippen molar-refractivity contribution >= 4 is 29.8 Å². The van der Waals surface area contributed by atoms with Gasteiger partial charge in [-0.2, -0.15) is 0 Å². The Kier molecular flexibility index (Phi) is 13.1. The molecule has 0 bridgehead atoms. The molecule has 55 heavy (non-hydrogen) atoms. The lowest BCUT2D eigenvalue weighted by Crippen LogP contribution is -2.04. The summed E-state index contributed by atoms with van der Waals surface area (Å²) < 4.78 is 8.70. The van der Waals surface area contributed by atoms with Crippen molar-refractivity contribution in [2.45, 2.75) is 119 Å². The smallest absolute Gasteiger partial charge is 0.507 e. The molecule has 4 nitrogen and oxygen atoms in total. The summed E-state index contributed by atoms with van der Waals surface area (Å²) in [6, 6.07) is 34.0. The summed E-state index contributed by atoms with van der Waals surface area (Å²) in [5.74, 6) is 2.56. The highest BCUT2D eigenvalue weighted by atomic mass is 31.1. The van der Waals surface area contributed by atoms with Crippen LogP contribution in [0.1, 0.15) is 152 Å². The first kappa shape index (κ1) is 41.8. The predicted molar refractivity (Wildman–Crippen MR) is 236 cm³/mol. The largest absolute Gasteiger partial charge is 0.692 e. The van der Waals surface area contributed by atoms with Crippen molar-refractivity contribution in [2.24, 2.45) is 0 Å². The predicted octanol–water partition coefficient (Wildman–Crippen LogP) is 15.1. The van der Waals surface area contributed by atoms with Crippen molar-refractivity contribution in [3.63, 3.8) is 0 Å². The SMILES string of the molecule is CC(C)c1cc(C(C)C)c(-c2cc(-c3c(O)c(-c4c(C(C)C)cc(C(C)C)cc4C(C)C)cc4ccccc34)c3ccccc3c2)c(C(C)C)c1.O=[P+](O)O. The molecule has 0 heterocycles. The summed E-state index contributed by atoms with van der Waals surface area (Å²) in [6.07, 6.45) is 0. The molecule has 0 aromatic heterocycles. The second-order valence-electron chi connectivity index (χ2n) is 16.9. The maximum atomic E-state index is 12.9. The molecule has 0 saturated carbocycles. The number of aromatic hydroxyl groups is 1. The van der Waals surface area contributed by atoms with Crippen LogP contribution in [0, 0.1) is 0 Å². The molecule has 288 valence electrons. The van der Waals surface area contributed by atoms with Gasteiger partial charge in [0.25, 0.3) is 0 Å². The summed E-state index contributed by atoms with van der Waals surface area (Å²) in [5, 5.41) is 17.4. The Morgan fingerprint density at radius 2 is 0.818 bits per heavy atom. The minimum atomic E-state index is -2.87. The number of phenolic OH excluding ortho intramolecular Hbond substituents is 1. The van der Waals surface area contributed by atoms with Gasteiger partial charge in [-0.05, 0) is 131 Å². The van der Waals surface area contributed by atoms with Crippen LogP contribution in [-0.2, 0) is 4.57 Å². The number of phenols is 1. The zero-order valence-corrected chi connectivity index (χ0v) is 35.7. The van der Waals surface area contributed by atoms with Gasteiger partial charge in [0.2, 0.25) is 0 Å². The van der Waals surface area contributed by atoms with Gasteiger partial charge in [0.1, 0.15) is 5.75 Å². The molecule has 0 fully saturated rings. The maximum absolute atomic E-state index is 12.9. The Hall–Kier alpha value is -4.34. The van der Waals surface area contributed by atoms with E-state index in [-0.39, 0.29) is 0 Å². The highest BCUT2D eigenvalue weighted by Gasteiger charge is 2.26. The lowest BCUT2D eigenvalue weighted by atomic mass is 9.79. The van der Waals surface area contributed by atoms with Crippen molar-refractivity contribution in [3.05, 3.63) is 124 Å². The van der Waals surface area contributed by atoms with Crippen LogP contribution >= 0.6 is 8.25 Å². The van der Waals surface area contributed by atoms with Crippen LogP contribution in [0.15, 0.2) is 91.0 Å². The van der Waals surface area contributed by atoms with Gasteiger partial charge in [0.05, 0.1) is 0 Å². The first-order valence-corrected chi connectivity index (χ1v) is 21.1. The molecule has 6 aromatic rings. The topological polar surface area (TPSA) is 77.8 Å². The first-order chi connectivity index (χ1) is 25.9. The molecule has 0 atom stereocenters. The van der Waals surface area contributed by atoms with E-state index in [1.54, 1.807) is 0 Å². The molecule has 0 aliphatic rings. The fourth-order valence-corrected chi connectivity index (χ4v) is 8.02. The van der Waals surface area contributed by atoms with Gasteiger partial charge in [-0.25, -0.2) is 0 Å². The fraction of sp³-hybridized carbons (Fsp3) is 0.360. The van der Waals surface area contributed by atoms with Crippen LogP contribution in [0.25, 0.3) is 54.9 Å². The molecular formula is C50H60O4P+. The van der Waals surface area contributed by atoms with Crippen molar-refractivity contribution in [1.29, 1.82) is 0 Å². The Morgan fingerprint density at radius 1 is 0.436 bits per heavy atom. The average molecular weight is 756 g/mol. The third-order valence-electron chi connectivity index (χ3n) is 11.0. The zero-order valence-electron chi connectivity index (χ0n) is 34.8. The summed E-state index contributed by atoms with van der Waals surface area (Å²) in [5.41, 5.74) is 14.8. The van der Waals surface area contributed by atoms with Gasteiger partial charge >= 0.3 is 8.25 Å². The van der Waals surface area contributed by atoms with E-state index in [9.17, 15) is 5.11 Å². The molecule has 0 amide bonds. The molecule has 0 aliphatic heterocycles. The first-order valence-electron chi connectivity index (χ1n) is 19.9. The van der Waals surface area contributed by atoms with Crippen LogP contribution < -0.4 is 0 Å². The molecule has 3 N–H and O–H groups in total. The van der Waals surface area contributed by atoms with E-state index in [0.717, 1.165) is 32.8 Å². The summed E-state index contributed by atoms with van der Waals surface area (Å²) >= 11 is 0. The van der Waals surface area contributed by atoms with E-state index >= 15 is 0 Å². The quantitative estimate of drug-likeness (QED) is 0.128. The number of hydrogen-bond donors (Lipinski definition) is 3. The van der Waals surface area contributed by atoms with E-state index < -0.39 is 8.25 Å². The zero-order chi connectivity index (χ0) is 40.5. The van der Waals surface area contributed by atoms with Crippen molar-refractivity contribution < 1.29 is 19.5 Å². The monoisotopic (exact) mass is 755 g/mol. The second kappa shape index (κ2) is 17.2. The van der Waals surface area contributed by atoms with Crippen LogP contribution in [0.5, 0.6) is 5.75 Å². The van der Waals surface area contributed by atoms with Gasteiger partial charge in [-0.1, -0.05) is 156 Å². The van der Waals surface area contributed by atoms with Crippen LogP contribution in [0.3, 0.4) is 0 Å². The molecule has 0 spiro atoms. The number of benzene rings is 6. The van der Waals surface area contributed by atoms with Crippen LogP contribution in [-0.4, -0.2) is 14.9 Å². The van der Waals surface area contributed by atoms with Crippen LogP contribution in [0.4, 0.5) is 0 Å². The van der Waals surface area contributed by atoms with E-state index in [4.69, 9.17) is 14.4 Å². The average Bonchev–Trinajstić information content (AvgIpc) is 3.12. The summed E-state index contributed by atoms with van der Waals surface area (Å²) in [6.45, 7) is 27.6. The van der Waals surface area contributed by atoms with Gasteiger partial charge in [-0.15, -0.1) is 9.79 Å².